The molecule has 0 spiro atoms. The molecule has 1 unspecified atom stereocenters. The molecule has 0 bridgehead atoms. The molecule has 1 aliphatic heterocycles. The second-order valence-electron chi connectivity index (χ2n) is 6.17. The number of carbonyl (C=O) groups excluding carboxylic acids is 2. The topological polar surface area (TPSA) is 69.6 Å². The Balaban J connectivity index is 1.74. The van der Waals surface area contributed by atoms with E-state index in [2.05, 4.69) is 5.32 Å². The molecule has 1 heterocycles. The Hall–Kier alpha value is -2.64. The molecule has 5 nitrogen and oxygen atoms in total. The highest BCUT2D eigenvalue weighted by molar-refractivity contribution is 8.26. The first-order valence-corrected chi connectivity index (χ1v) is 9.51. The number of phenolic OH excluding ortho intramolecular Hbond substituents is 1. The molecule has 2 amide bonds. The summed E-state index contributed by atoms with van der Waals surface area (Å²) in [6, 6.07) is 13.2. The van der Waals surface area contributed by atoms with Crippen molar-refractivity contribution in [3.63, 3.8) is 0 Å². The molecule has 0 aromatic heterocycles. The first-order valence-electron chi connectivity index (χ1n) is 8.29. The molecular formula is C20H18N2O3S2. The number of hydrogen-bond donors (Lipinski definition) is 2. The number of hydrogen-bond acceptors (Lipinski definition) is 5. The van der Waals surface area contributed by atoms with Crippen molar-refractivity contribution >= 4 is 51.9 Å². The molecule has 1 aliphatic rings. The monoisotopic (exact) mass is 398 g/mol. The number of benzene rings is 2. The standard InChI is InChI=1S/C20H18N2O3S2/c1-12-3-7-15(8-4-12)21-18(24)13(2)22-19(25)17(27-20(22)26)11-14-5-9-16(23)10-6-14/h3-11,13,23H,1-2H3,(H,21,24)/b17-11-. The lowest BCUT2D eigenvalue weighted by atomic mass is 10.2. The Labute approximate surface area is 167 Å². The maximum absolute atomic E-state index is 12.8. The lowest BCUT2D eigenvalue weighted by molar-refractivity contribution is -0.129. The van der Waals surface area contributed by atoms with Crippen LogP contribution in [0.4, 0.5) is 5.69 Å². The predicted molar refractivity (Wildman–Crippen MR) is 112 cm³/mol. The van der Waals surface area contributed by atoms with Crippen molar-refractivity contribution in [3.8, 4) is 5.75 Å². The van der Waals surface area contributed by atoms with Crippen molar-refractivity contribution in [2.75, 3.05) is 5.32 Å². The number of aryl methyl sites for hydroxylation is 1. The minimum atomic E-state index is -0.732. The van der Waals surface area contributed by atoms with E-state index in [-0.39, 0.29) is 17.6 Å². The Bertz CT molecular complexity index is 921. The van der Waals surface area contributed by atoms with Gasteiger partial charge in [0.25, 0.3) is 5.91 Å². The highest BCUT2D eigenvalue weighted by atomic mass is 32.2. The molecule has 1 saturated heterocycles. The van der Waals surface area contributed by atoms with Crippen LogP contribution in [0.1, 0.15) is 18.1 Å². The Morgan fingerprint density at radius 2 is 1.81 bits per heavy atom. The molecule has 0 radical (unpaired) electrons. The molecule has 138 valence electrons. The lowest BCUT2D eigenvalue weighted by Crippen LogP contribution is -2.44. The van der Waals surface area contributed by atoms with E-state index in [9.17, 15) is 14.7 Å². The fourth-order valence-electron chi connectivity index (χ4n) is 2.54. The smallest absolute Gasteiger partial charge is 0.266 e. The molecule has 27 heavy (non-hydrogen) atoms. The van der Waals surface area contributed by atoms with Crippen molar-refractivity contribution in [1.82, 2.24) is 4.90 Å². The number of rotatable bonds is 4. The van der Waals surface area contributed by atoms with Crippen molar-refractivity contribution in [2.24, 2.45) is 0 Å². The molecule has 2 aromatic rings. The van der Waals surface area contributed by atoms with Crippen molar-refractivity contribution in [3.05, 3.63) is 64.6 Å². The van der Waals surface area contributed by atoms with Gasteiger partial charge in [0.15, 0.2) is 0 Å². The predicted octanol–water partition coefficient (Wildman–Crippen LogP) is 3.93. The van der Waals surface area contributed by atoms with Gasteiger partial charge in [-0.25, -0.2) is 0 Å². The lowest BCUT2D eigenvalue weighted by Gasteiger charge is -2.22. The van der Waals surface area contributed by atoms with E-state index in [0.29, 0.717) is 14.9 Å². The maximum atomic E-state index is 12.8. The summed E-state index contributed by atoms with van der Waals surface area (Å²) in [5.41, 5.74) is 2.53. The molecule has 1 fully saturated rings. The number of nitrogens with zero attached hydrogens (tertiary/aromatic N) is 1. The first kappa shape index (κ1) is 19.1. The van der Waals surface area contributed by atoms with Crippen LogP contribution in [-0.2, 0) is 9.59 Å². The summed E-state index contributed by atoms with van der Waals surface area (Å²) >= 11 is 6.48. The molecule has 0 saturated carbocycles. The summed E-state index contributed by atoms with van der Waals surface area (Å²) < 4.78 is 0.344. The van der Waals surface area contributed by atoms with Gasteiger partial charge in [-0.1, -0.05) is 53.8 Å². The molecule has 0 aliphatic carbocycles. The maximum Gasteiger partial charge on any atom is 0.266 e. The number of nitrogens with one attached hydrogen (secondary N) is 1. The third-order valence-corrected chi connectivity index (χ3v) is 5.43. The Morgan fingerprint density at radius 3 is 2.44 bits per heavy atom. The molecular weight excluding hydrogens is 380 g/mol. The number of thiocarbonyl (C=S) groups is 1. The first-order chi connectivity index (χ1) is 12.8. The van der Waals surface area contributed by atoms with Gasteiger partial charge < -0.3 is 10.4 Å². The number of phenols is 1. The van der Waals surface area contributed by atoms with E-state index in [1.165, 1.54) is 4.90 Å². The Morgan fingerprint density at radius 1 is 1.19 bits per heavy atom. The van der Waals surface area contributed by atoms with E-state index in [4.69, 9.17) is 12.2 Å². The van der Waals surface area contributed by atoms with Crippen LogP contribution in [-0.4, -0.2) is 32.2 Å². The number of aromatic hydroxyl groups is 1. The van der Waals surface area contributed by atoms with Crippen molar-refractivity contribution < 1.29 is 14.7 Å². The summed E-state index contributed by atoms with van der Waals surface area (Å²) in [6.45, 7) is 3.62. The molecule has 1 atom stereocenters. The Kier molecular flexibility index (Phi) is 5.62. The van der Waals surface area contributed by atoms with Crippen LogP contribution >= 0.6 is 24.0 Å². The van der Waals surface area contributed by atoms with Crippen LogP contribution in [0.25, 0.3) is 6.08 Å². The van der Waals surface area contributed by atoms with Gasteiger partial charge in [-0.3, -0.25) is 14.5 Å². The van der Waals surface area contributed by atoms with Crippen LogP contribution in [0, 0.1) is 6.92 Å². The minimum Gasteiger partial charge on any atom is -0.508 e. The van der Waals surface area contributed by atoms with Gasteiger partial charge in [0.05, 0.1) is 4.91 Å². The van der Waals surface area contributed by atoms with Crippen molar-refractivity contribution in [1.29, 1.82) is 0 Å². The number of thioether (sulfide) groups is 1. The molecule has 3 rings (SSSR count). The molecule has 2 N–H and O–H groups in total. The number of amides is 2. The van der Waals surface area contributed by atoms with E-state index in [1.807, 2.05) is 31.2 Å². The van der Waals surface area contributed by atoms with Gasteiger partial charge in [0.2, 0.25) is 5.91 Å². The summed E-state index contributed by atoms with van der Waals surface area (Å²) in [4.78, 5) is 27.1. The second-order valence-corrected chi connectivity index (χ2v) is 7.85. The van der Waals surface area contributed by atoms with Gasteiger partial charge >= 0.3 is 0 Å². The summed E-state index contributed by atoms with van der Waals surface area (Å²) in [5, 5.41) is 12.2. The fourth-order valence-corrected chi connectivity index (χ4v) is 3.96. The molecule has 2 aromatic carbocycles. The summed E-state index contributed by atoms with van der Waals surface area (Å²) in [6.07, 6.45) is 1.70. The van der Waals surface area contributed by atoms with Crippen LogP contribution in [0.2, 0.25) is 0 Å². The van der Waals surface area contributed by atoms with Gasteiger partial charge in [-0.2, -0.15) is 0 Å². The van der Waals surface area contributed by atoms with Crippen LogP contribution < -0.4 is 5.32 Å². The fraction of sp³-hybridized carbons (Fsp3) is 0.150. The van der Waals surface area contributed by atoms with Gasteiger partial charge in [-0.05, 0) is 49.8 Å². The highest BCUT2D eigenvalue weighted by Crippen LogP contribution is 2.34. The van der Waals surface area contributed by atoms with Crippen LogP contribution in [0.5, 0.6) is 5.75 Å². The zero-order valence-corrected chi connectivity index (χ0v) is 16.4. The number of anilines is 1. The SMILES string of the molecule is Cc1ccc(NC(=O)C(C)N2C(=O)/C(=C/c3ccc(O)cc3)SC2=S)cc1. The average Bonchev–Trinajstić information content (AvgIpc) is 2.91. The van der Waals surface area contributed by atoms with Gasteiger partial charge in [0, 0.05) is 5.69 Å². The van der Waals surface area contributed by atoms with E-state index in [1.54, 1.807) is 37.3 Å². The van der Waals surface area contributed by atoms with Gasteiger partial charge in [-0.15, -0.1) is 0 Å². The zero-order valence-electron chi connectivity index (χ0n) is 14.8. The highest BCUT2D eigenvalue weighted by Gasteiger charge is 2.38. The quantitative estimate of drug-likeness (QED) is 0.603. The summed E-state index contributed by atoms with van der Waals surface area (Å²) in [7, 11) is 0. The number of carbonyl (C=O) groups is 2. The largest absolute Gasteiger partial charge is 0.508 e. The van der Waals surface area contributed by atoms with Gasteiger partial charge in [0.1, 0.15) is 16.1 Å². The van der Waals surface area contributed by atoms with E-state index >= 15 is 0 Å². The van der Waals surface area contributed by atoms with Crippen LogP contribution in [0.3, 0.4) is 0 Å². The average molecular weight is 399 g/mol. The minimum absolute atomic E-state index is 0.154. The van der Waals surface area contributed by atoms with E-state index < -0.39 is 6.04 Å². The normalized spacial score (nSPS) is 16.7. The van der Waals surface area contributed by atoms with Crippen molar-refractivity contribution in [2.45, 2.75) is 19.9 Å². The summed E-state index contributed by atoms with van der Waals surface area (Å²) in [5.74, 6) is -0.452. The van der Waals surface area contributed by atoms with Crippen LogP contribution in [0.15, 0.2) is 53.4 Å². The molecule has 7 heteroatoms. The van der Waals surface area contributed by atoms with E-state index in [0.717, 1.165) is 22.9 Å². The third-order valence-electron chi connectivity index (χ3n) is 4.10. The zero-order chi connectivity index (χ0) is 19.6. The third kappa shape index (κ3) is 4.37. The second kappa shape index (κ2) is 7.94.